The van der Waals surface area contributed by atoms with Gasteiger partial charge in [0, 0.05) is 6.54 Å². The van der Waals surface area contributed by atoms with Gasteiger partial charge in [-0.25, -0.2) is 4.79 Å². The molecule has 0 heterocycles. The molecule has 0 aliphatic carbocycles. The molecular formula is C16H26N2O3. The van der Waals surface area contributed by atoms with Crippen LogP contribution in [0.15, 0.2) is 24.3 Å². The van der Waals surface area contributed by atoms with Gasteiger partial charge in [0.05, 0.1) is 18.8 Å². The summed E-state index contributed by atoms with van der Waals surface area (Å²) in [5, 5.41) is 15.0. The molecule has 0 spiro atoms. The third-order valence-corrected chi connectivity index (χ3v) is 3.27. The Bertz CT molecular complexity index is 420. The van der Waals surface area contributed by atoms with Crippen molar-refractivity contribution >= 4 is 6.03 Å². The molecule has 5 nitrogen and oxygen atoms in total. The van der Waals surface area contributed by atoms with Crippen molar-refractivity contribution < 1.29 is 14.6 Å². The molecular weight excluding hydrogens is 268 g/mol. The van der Waals surface area contributed by atoms with Crippen molar-refractivity contribution in [3.05, 3.63) is 29.8 Å². The van der Waals surface area contributed by atoms with Crippen molar-refractivity contribution in [2.45, 2.75) is 45.8 Å². The predicted octanol–water partition coefficient (Wildman–Crippen LogP) is 2.61. The maximum atomic E-state index is 11.7. The van der Waals surface area contributed by atoms with Crippen molar-refractivity contribution in [1.29, 1.82) is 0 Å². The maximum Gasteiger partial charge on any atom is 0.315 e. The number of urea groups is 1. The largest absolute Gasteiger partial charge is 0.494 e. The van der Waals surface area contributed by atoms with E-state index in [0.29, 0.717) is 26.0 Å². The van der Waals surface area contributed by atoms with Crippen LogP contribution in [0.4, 0.5) is 4.79 Å². The summed E-state index contributed by atoms with van der Waals surface area (Å²) < 4.78 is 5.38. The molecule has 0 fully saturated rings. The summed E-state index contributed by atoms with van der Waals surface area (Å²) in [6.07, 6.45) is 0.918. The molecule has 0 saturated heterocycles. The number of carbonyl (C=O) groups excluding carboxylic acids is 1. The van der Waals surface area contributed by atoms with E-state index in [0.717, 1.165) is 11.3 Å². The first-order valence-electron chi connectivity index (χ1n) is 7.52. The van der Waals surface area contributed by atoms with Crippen molar-refractivity contribution in [3.8, 4) is 5.75 Å². The summed E-state index contributed by atoms with van der Waals surface area (Å²) in [5.41, 5.74) is 1.02. The van der Waals surface area contributed by atoms with Gasteiger partial charge in [0.2, 0.25) is 0 Å². The first-order valence-corrected chi connectivity index (χ1v) is 7.52. The van der Waals surface area contributed by atoms with E-state index in [9.17, 15) is 9.90 Å². The molecule has 1 aromatic carbocycles. The summed E-state index contributed by atoms with van der Waals surface area (Å²) in [4.78, 5) is 11.7. The van der Waals surface area contributed by atoms with Crippen LogP contribution in [0.5, 0.6) is 5.75 Å². The van der Waals surface area contributed by atoms with Crippen molar-refractivity contribution in [1.82, 2.24) is 10.6 Å². The van der Waals surface area contributed by atoms with Crippen molar-refractivity contribution in [3.63, 3.8) is 0 Å². The smallest absolute Gasteiger partial charge is 0.315 e. The van der Waals surface area contributed by atoms with Gasteiger partial charge in [-0.3, -0.25) is 0 Å². The highest BCUT2D eigenvalue weighted by Gasteiger charge is 2.09. The molecule has 1 aromatic rings. The molecule has 21 heavy (non-hydrogen) atoms. The van der Waals surface area contributed by atoms with Gasteiger partial charge < -0.3 is 20.5 Å². The van der Waals surface area contributed by atoms with Crippen LogP contribution in [-0.2, 0) is 0 Å². The van der Waals surface area contributed by atoms with Gasteiger partial charge >= 0.3 is 6.03 Å². The Morgan fingerprint density at radius 2 is 1.95 bits per heavy atom. The fourth-order valence-electron chi connectivity index (χ4n) is 1.91. The van der Waals surface area contributed by atoms with E-state index in [1.807, 2.05) is 45.0 Å². The molecule has 5 heteroatoms. The molecule has 118 valence electrons. The molecule has 0 bridgehead atoms. The number of benzene rings is 1. The Labute approximate surface area is 126 Å². The van der Waals surface area contributed by atoms with Crippen molar-refractivity contribution in [2.24, 2.45) is 0 Å². The number of nitrogens with one attached hydrogen (secondary N) is 2. The van der Waals surface area contributed by atoms with Crippen molar-refractivity contribution in [2.75, 3.05) is 13.2 Å². The highest BCUT2D eigenvalue weighted by molar-refractivity contribution is 5.74. The Balaban J connectivity index is 2.37. The maximum absolute atomic E-state index is 11.7. The monoisotopic (exact) mass is 294 g/mol. The normalized spacial score (nSPS) is 13.3. The summed E-state index contributed by atoms with van der Waals surface area (Å²) in [6.45, 7) is 6.89. The number of ether oxygens (including phenoxy) is 1. The minimum Gasteiger partial charge on any atom is -0.494 e. The molecule has 1 rings (SSSR count). The van der Waals surface area contributed by atoms with Gasteiger partial charge in [0.25, 0.3) is 0 Å². The third kappa shape index (κ3) is 6.49. The lowest BCUT2D eigenvalue weighted by atomic mass is 10.1. The second kappa shape index (κ2) is 9.23. The molecule has 2 atom stereocenters. The van der Waals surface area contributed by atoms with E-state index in [2.05, 4.69) is 10.6 Å². The number of amides is 2. The molecule has 0 aliphatic heterocycles. The standard InChI is InChI=1S/C16H26N2O3/c1-4-14(19)10-11-17-16(20)18-12(3)13-6-8-15(9-7-13)21-5-2/h6-9,12,14,19H,4-5,10-11H2,1-3H3,(H2,17,18,20). The second-order valence-electron chi connectivity index (χ2n) is 4.97. The Morgan fingerprint density at radius 1 is 1.29 bits per heavy atom. The lowest BCUT2D eigenvalue weighted by Crippen LogP contribution is -2.38. The zero-order valence-corrected chi connectivity index (χ0v) is 13.1. The van der Waals surface area contributed by atoms with Crippen LogP contribution >= 0.6 is 0 Å². The van der Waals surface area contributed by atoms with Gasteiger partial charge in [0.15, 0.2) is 0 Å². The van der Waals surface area contributed by atoms with Crippen LogP contribution in [0.1, 0.15) is 45.2 Å². The van der Waals surface area contributed by atoms with Crippen LogP contribution in [0, 0.1) is 0 Å². The number of rotatable bonds is 8. The highest BCUT2D eigenvalue weighted by Crippen LogP contribution is 2.17. The average molecular weight is 294 g/mol. The molecule has 3 N–H and O–H groups in total. The Hall–Kier alpha value is -1.75. The quantitative estimate of drug-likeness (QED) is 0.690. The SMILES string of the molecule is CCOc1ccc(C(C)NC(=O)NCCC(O)CC)cc1. The topological polar surface area (TPSA) is 70.6 Å². The molecule has 0 aliphatic rings. The fraction of sp³-hybridized carbons (Fsp3) is 0.562. The van der Waals surface area contributed by atoms with E-state index < -0.39 is 0 Å². The molecule has 0 aromatic heterocycles. The van der Waals surface area contributed by atoms with E-state index >= 15 is 0 Å². The summed E-state index contributed by atoms with van der Waals surface area (Å²) in [5.74, 6) is 0.825. The van der Waals surface area contributed by atoms with E-state index in [-0.39, 0.29) is 18.2 Å². The number of aliphatic hydroxyl groups is 1. The number of carbonyl (C=O) groups is 1. The fourth-order valence-corrected chi connectivity index (χ4v) is 1.91. The first-order chi connectivity index (χ1) is 10.1. The number of aliphatic hydroxyl groups excluding tert-OH is 1. The summed E-state index contributed by atoms with van der Waals surface area (Å²) in [6, 6.07) is 7.36. The van der Waals surface area contributed by atoms with Crippen LogP contribution in [0.3, 0.4) is 0 Å². The number of hydrogen-bond donors (Lipinski definition) is 3. The molecule has 0 radical (unpaired) electrons. The van der Waals surface area contributed by atoms with Gasteiger partial charge in [-0.2, -0.15) is 0 Å². The lowest BCUT2D eigenvalue weighted by molar-refractivity contribution is 0.160. The van der Waals surface area contributed by atoms with Crippen LogP contribution in [0.25, 0.3) is 0 Å². The Kier molecular flexibility index (Phi) is 7.61. The third-order valence-electron chi connectivity index (χ3n) is 3.27. The van der Waals surface area contributed by atoms with Gasteiger partial charge in [-0.1, -0.05) is 19.1 Å². The van der Waals surface area contributed by atoms with Gasteiger partial charge in [-0.15, -0.1) is 0 Å². The first kappa shape index (κ1) is 17.3. The molecule has 2 amide bonds. The van der Waals surface area contributed by atoms with Crippen LogP contribution in [0.2, 0.25) is 0 Å². The van der Waals surface area contributed by atoms with Gasteiger partial charge in [0.1, 0.15) is 5.75 Å². The highest BCUT2D eigenvalue weighted by atomic mass is 16.5. The van der Waals surface area contributed by atoms with Gasteiger partial charge in [-0.05, 0) is 44.4 Å². The zero-order valence-electron chi connectivity index (χ0n) is 13.1. The summed E-state index contributed by atoms with van der Waals surface area (Å²) in [7, 11) is 0. The Morgan fingerprint density at radius 3 is 2.52 bits per heavy atom. The summed E-state index contributed by atoms with van der Waals surface area (Å²) >= 11 is 0. The minimum atomic E-state index is -0.353. The minimum absolute atomic E-state index is 0.0863. The zero-order chi connectivity index (χ0) is 15.7. The number of hydrogen-bond acceptors (Lipinski definition) is 3. The van der Waals surface area contributed by atoms with E-state index in [1.54, 1.807) is 0 Å². The van der Waals surface area contributed by atoms with Crippen LogP contribution < -0.4 is 15.4 Å². The van der Waals surface area contributed by atoms with E-state index in [4.69, 9.17) is 4.74 Å². The van der Waals surface area contributed by atoms with Crippen LogP contribution in [-0.4, -0.2) is 30.4 Å². The molecule has 0 saturated carbocycles. The predicted molar refractivity (Wildman–Crippen MR) is 83.5 cm³/mol. The second-order valence-corrected chi connectivity index (χ2v) is 4.97. The lowest BCUT2D eigenvalue weighted by Gasteiger charge is -2.16. The average Bonchev–Trinajstić information content (AvgIpc) is 2.48. The van der Waals surface area contributed by atoms with E-state index in [1.165, 1.54) is 0 Å². The molecule has 2 unspecified atom stereocenters.